The molecule has 0 radical (unpaired) electrons. The highest BCUT2D eigenvalue weighted by Crippen LogP contribution is 2.28. The van der Waals surface area contributed by atoms with Crippen LogP contribution < -0.4 is 10.6 Å². The summed E-state index contributed by atoms with van der Waals surface area (Å²) in [7, 11) is 1.66. The van der Waals surface area contributed by atoms with Gasteiger partial charge in [0.2, 0.25) is 0 Å². The van der Waals surface area contributed by atoms with E-state index in [-0.39, 0.29) is 6.04 Å². The Morgan fingerprint density at radius 3 is 2.90 bits per heavy atom. The lowest BCUT2D eigenvalue weighted by Gasteiger charge is -2.25. The molecule has 9 heteroatoms. The van der Waals surface area contributed by atoms with Gasteiger partial charge in [-0.25, -0.2) is 19.6 Å². The third-order valence-electron chi connectivity index (χ3n) is 5.15. The fourth-order valence-corrected chi connectivity index (χ4v) is 4.60. The van der Waals surface area contributed by atoms with Gasteiger partial charge in [-0.2, -0.15) is 5.10 Å². The molecule has 3 heterocycles. The van der Waals surface area contributed by atoms with Crippen LogP contribution in [0, 0.1) is 6.92 Å². The summed E-state index contributed by atoms with van der Waals surface area (Å²) in [6, 6.07) is 10.5. The maximum atomic E-state index is 5.16. The van der Waals surface area contributed by atoms with E-state index >= 15 is 0 Å². The molecule has 1 atom stereocenters. The van der Waals surface area contributed by atoms with Gasteiger partial charge in [0, 0.05) is 36.6 Å². The summed E-state index contributed by atoms with van der Waals surface area (Å²) >= 11 is 1.71. The molecule has 0 saturated carbocycles. The molecule has 0 spiro atoms. The molecule has 2 aromatic heterocycles. The first-order valence-electron chi connectivity index (χ1n) is 10.6. The van der Waals surface area contributed by atoms with Crippen molar-refractivity contribution in [2.24, 2.45) is 4.99 Å². The molecule has 31 heavy (non-hydrogen) atoms. The van der Waals surface area contributed by atoms with Crippen molar-refractivity contribution in [1.82, 2.24) is 30.4 Å². The molecule has 0 aliphatic carbocycles. The Bertz CT molecular complexity index is 1030. The number of nitrogens with zero attached hydrogens (tertiary/aromatic N) is 5. The number of aromatic nitrogens is 4. The lowest BCUT2D eigenvalue weighted by molar-refractivity contribution is 0.177. The van der Waals surface area contributed by atoms with Crippen molar-refractivity contribution in [3.63, 3.8) is 0 Å². The van der Waals surface area contributed by atoms with Crippen molar-refractivity contribution >= 4 is 17.3 Å². The van der Waals surface area contributed by atoms with E-state index in [0.29, 0.717) is 13.2 Å². The quantitative estimate of drug-likeness (QED) is 0.435. The zero-order chi connectivity index (χ0) is 21.6. The molecular weight excluding hydrogens is 410 g/mol. The maximum Gasteiger partial charge on any atom is 0.191 e. The molecule has 1 unspecified atom stereocenters. The molecule has 3 aromatic rings. The molecular formula is C22H29N7OS. The van der Waals surface area contributed by atoms with Crippen molar-refractivity contribution in [2.75, 3.05) is 13.7 Å². The number of aliphatic imine (C=N–C) groups is 1. The van der Waals surface area contributed by atoms with Crippen LogP contribution in [0.5, 0.6) is 0 Å². The zero-order valence-electron chi connectivity index (χ0n) is 18.3. The highest BCUT2D eigenvalue weighted by atomic mass is 32.1. The fraction of sp³-hybridized carbons (Fsp3) is 0.455. The number of fused-ring (bicyclic) bond motifs is 1. The fourth-order valence-electron chi connectivity index (χ4n) is 3.61. The SMILES string of the molecule is CCNC(=NCc1sc(-c2ccccc2)nc1C)NC1CCc2nc(COC)nn2C1. The molecule has 1 aliphatic rings. The summed E-state index contributed by atoms with van der Waals surface area (Å²) in [4.78, 5) is 15.3. The highest BCUT2D eigenvalue weighted by Gasteiger charge is 2.22. The molecule has 164 valence electrons. The van der Waals surface area contributed by atoms with Gasteiger partial charge in [0.25, 0.3) is 0 Å². The summed E-state index contributed by atoms with van der Waals surface area (Å²) in [6.07, 6.45) is 1.88. The number of hydrogen-bond acceptors (Lipinski definition) is 6. The van der Waals surface area contributed by atoms with Crippen LogP contribution in [0.3, 0.4) is 0 Å². The number of ether oxygens (including phenoxy) is 1. The van der Waals surface area contributed by atoms with E-state index in [0.717, 1.165) is 59.8 Å². The second-order valence-electron chi connectivity index (χ2n) is 7.53. The van der Waals surface area contributed by atoms with Gasteiger partial charge < -0.3 is 15.4 Å². The van der Waals surface area contributed by atoms with Crippen molar-refractivity contribution in [2.45, 2.75) is 52.4 Å². The lowest BCUT2D eigenvalue weighted by Crippen LogP contribution is -2.47. The van der Waals surface area contributed by atoms with Crippen LogP contribution in [0.4, 0.5) is 0 Å². The summed E-state index contributed by atoms with van der Waals surface area (Å²) in [5, 5.41) is 12.5. The van der Waals surface area contributed by atoms with Gasteiger partial charge in [0.15, 0.2) is 11.8 Å². The zero-order valence-corrected chi connectivity index (χ0v) is 19.1. The van der Waals surface area contributed by atoms with Crippen molar-refractivity contribution in [3.05, 3.63) is 52.6 Å². The van der Waals surface area contributed by atoms with E-state index in [4.69, 9.17) is 14.7 Å². The standard InChI is InChI=1S/C22H29N7OS/c1-4-23-22(26-17-10-11-20-27-19(14-30-3)28-29(20)13-17)24-12-18-15(2)25-21(31-18)16-8-6-5-7-9-16/h5-9,17H,4,10-14H2,1-3H3,(H2,23,24,26). The van der Waals surface area contributed by atoms with Gasteiger partial charge in [-0.3, -0.25) is 0 Å². The maximum absolute atomic E-state index is 5.16. The summed E-state index contributed by atoms with van der Waals surface area (Å²) < 4.78 is 7.14. The van der Waals surface area contributed by atoms with E-state index in [1.165, 1.54) is 4.88 Å². The third kappa shape index (κ3) is 5.29. The number of hydrogen-bond donors (Lipinski definition) is 2. The Hall–Kier alpha value is -2.78. The summed E-state index contributed by atoms with van der Waals surface area (Å²) in [6.45, 7) is 6.76. The lowest BCUT2D eigenvalue weighted by atomic mass is 10.1. The number of nitrogens with one attached hydrogen (secondary N) is 2. The van der Waals surface area contributed by atoms with Gasteiger partial charge >= 0.3 is 0 Å². The Kier molecular flexibility index (Phi) is 6.93. The Balaban J connectivity index is 1.42. The third-order valence-corrected chi connectivity index (χ3v) is 6.35. The summed E-state index contributed by atoms with van der Waals surface area (Å²) in [5.74, 6) is 2.59. The van der Waals surface area contributed by atoms with Crippen LogP contribution in [0.2, 0.25) is 0 Å². The molecule has 1 aromatic carbocycles. The molecule has 8 nitrogen and oxygen atoms in total. The van der Waals surface area contributed by atoms with Gasteiger partial charge in [-0.15, -0.1) is 11.3 Å². The minimum atomic E-state index is 0.254. The molecule has 0 saturated heterocycles. The monoisotopic (exact) mass is 439 g/mol. The van der Waals surface area contributed by atoms with Crippen LogP contribution in [-0.4, -0.2) is 45.4 Å². The average molecular weight is 440 g/mol. The molecule has 2 N–H and O–H groups in total. The topological polar surface area (TPSA) is 89.2 Å². The first-order valence-corrected chi connectivity index (χ1v) is 11.5. The number of aryl methyl sites for hydroxylation is 2. The number of guanidine groups is 1. The smallest absolute Gasteiger partial charge is 0.191 e. The minimum Gasteiger partial charge on any atom is -0.377 e. The average Bonchev–Trinajstić information content (AvgIpc) is 3.35. The van der Waals surface area contributed by atoms with E-state index in [1.807, 2.05) is 22.9 Å². The number of methoxy groups -OCH3 is 1. The van der Waals surface area contributed by atoms with Crippen molar-refractivity contribution in [3.8, 4) is 10.6 Å². The molecule has 0 bridgehead atoms. The minimum absolute atomic E-state index is 0.254. The molecule has 4 rings (SSSR count). The largest absolute Gasteiger partial charge is 0.377 e. The second kappa shape index (κ2) is 10.0. The number of rotatable bonds is 7. The predicted octanol–water partition coefficient (Wildman–Crippen LogP) is 2.93. The molecule has 0 amide bonds. The Morgan fingerprint density at radius 1 is 1.29 bits per heavy atom. The van der Waals surface area contributed by atoms with Crippen LogP contribution in [0.1, 0.15) is 35.6 Å². The van der Waals surface area contributed by atoms with Gasteiger partial charge in [-0.1, -0.05) is 30.3 Å². The van der Waals surface area contributed by atoms with E-state index < -0.39 is 0 Å². The normalized spacial score (nSPS) is 16.2. The van der Waals surface area contributed by atoms with Crippen LogP contribution >= 0.6 is 11.3 Å². The van der Waals surface area contributed by atoms with Crippen LogP contribution in [-0.2, 0) is 30.9 Å². The summed E-state index contributed by atoms with van der Waals surface area (Å²) in [5.41, 5.74) is 2.19. The van der Waals surface area contributed by atoms with Crippen LogP contribution in [0.15, 0.2) is 35.3 Å². The van der Waals surface area contributed by atoms with Gasteiger partial charge in [0.1, 0.15) is 17.4 Å². The number of thiazole rings is 1. The van der Waals surface area contributed by atoms with Crippen molar-refractivity contribution in [1.29, 1.82) is 0 Å². The highest BCUT2D eigenvalue weighted by molar-refractivity contribution is 7.15. The van der Waals surface area contributed by atoms with E-state index in [9.17, 15) is 0 Å². The first-order chi connectivity index (χ1) is 15.2. The number of benzene rings is 1. The van der Waals surface area contributed by atoms with E-state index in [1.54, 1.807) is 18.4 Å². The van der Waals surface area contributed by atoms with Crippen molar-refractivity contribution < 1.29 is 4.74 Å². The van der Waals surface area contributed by atoms with Gasteiger partial charge in [-0.05, 0) is 20.3 Å². The van der Waals surface area contributed by atoms with Gasteiger partial charge in [0.05, 0.1) is 18.8 Å². The Labute approximate surface area is 186 Å². The first kappa shape index (κ1) is 21.5. The molecule has 1 aliphatic heterocycles. The van der Waals surface area contributed by atoms with E-state index in [2.05, 4.69) is 46.7 Å². The predicted molar refractivity (Wildman–Crippen MR) is 123 cm³/mol. The molecule has 0 fully saturated rings. The second-order valence-corrected chi connectivity index (χ2v) is 8.61. The Morgan fingerprint density at radius 2 is 2.13 bits per heavy atom. The van der Waals surface area contributed by atoms with Crippen LogP contribution in [0.25, 0.3) is 10.6 Å².